The highest BCUT2D eigenvalue weighted by atomic mass is 35.5. The van der Waals surface area contributed by atoms with Gasteiger partial charge in [-0.15, -0.1) is 11.8 Å². The fourth-order valence-corrected chi connectivity index (χ4v) is 3.10. The first-order valence-corrected chi connectivity index (χ1v) is 6.44. The second-order valence-corrected chi connectivity index (χ2v) is 5.30. The number of rotatable bonds is 3. The normalized spacial score (nSPS) is 25.7. The van der Waals surface area contributed by atoms with E-state index >= 15 is 0 Å². The van der Waals surface area contributed by atoms with Gasteiger partial charge in [0.2, 0.25) is 0 Å². The highest BCUT2D eigenvalue weighted by Crippen LogP contribution is 2.26. The van der Waals surface area contributed by atoms with E-state index in [1.807, 2.05) is 24.3 Å². The average Bonchev–Trinajstić information content (AvgIpc) is 2.63. The predicted molar refractivity (Wildman–Crippen MR) is 65.4 cm³/mol. The number of hydrogen-bond acceptors (Lipinski definition) is 3. The van der Waals surface area contributed by atoms with Crippen molar-refractivity contribution in [2.45, 2.75) is 17.1 Å². The molecule has 1 heterocycles. The topological polar surface area (TPSA) is 32.3 Å². The maximum absolute atomic E-state index is 9.62. The van der Waals surface area contributed by atoms with Crippen LogP contribution < -0.4 is 5.32 Å². The van der Waals surface area contributed by atoms with Crippen molar-refractivity contribution < 1.29 is 5.11 Å². The third kappa shape index (κ3) is 2.88. The highest BCUT2D eigenvalue weighted by molar-refractivity contribution is 7.99. The zero-order valence-electron chi connectivity index (χ0n) is 8.32. The Labute approximate surface area is 99.0 Å². The lowest BCUT2D eigenvalue weighted by Gasteiger charge is -2.13. The van der Waals surface area contributed by atoms with Crippen LogP contribution in [-0.4, -0.2) is 29.5 Å². The van der Waals surface area contributed by atoms with Crippen molar-refractivity contribution >= 4 is 23.4 Å². The molecule has 0 radical (unpaired) electrons. The summed E-state index contributed by atoms with van der Waals surface area (Å²) in [5.74, 6) is 0.864. The van der Waals surface area contributed by atoms with Crippen molar-refractivity contribution in [2.75, 3.05) is 13.1 Å². The number of hydrogen-bond donors (Lipinski definition) is 2. The van der Waals surface area contributed by atoms with Crippen LogP contribution in [-0.2, 0) is 5.75 Å². The number of nitrogens with one attached hydrogen (secondary N) is 1. The number of halogens is 1. The summed E-state index contributed by atoms with van der Waals surface area (Å²) in [5.41, 5.74) is 1.14. The fourth-order valence-electron chi connectivity index (χ4n) is 1.62. The molecule has 0 saturated carbocycles. The van der Waals surface area contributed by atoms with Crippen molar-refractivity contribution in [1.82, 2.24) is 5.32 Å². The van der Waals surface area contributed by atoms with Crippen LogP contribution in [0.15, 0.2) is 24.3 Å². The summed E-state index contributed by atoms with van der Waals surface area (Å²) in [6.45, 7) is 1.59. The third-order valence-corrected chi connectivity index (χ3v) is 4.29. The first kappa shape index (κ1) is 11.3. The van der Waals surface area contributed by atoms with Crippen LogP contribution in [0.4, 0.5) is 0 Å². The molecule has 2 unspecified atom stereocenters. The first-order valence-electron chi connectivity index (χ1n) is 5.01. The summed E-state index contributed by atoms with van der Waals surface area (Å²) in [6.07, 6.45) is -0.225. The van der Waals surface area contributed by atoms with Crippen molar-refractivity contribution in [2.24, 2.45) is 0 Å². The Hall–Kier alpha value is -0.220. The smallest absolute Gasteiger partial charge is 0.0795 e. The Kier molecular flexibility index (Phi) is 3.92. The van der Waals surface area contributed by atoms with E-state index in [0.29, 0.717) is 11.8 Å². The number of thioether (sulfide) groups is 1. The minimum atomic E-state index is -0.225. The lowest BCUT2D eigenvalue weighted by molar-refractivity contribution is 0.201. The Morgan fingerprint density at radius 1 is 1.40 bits per heavy atom. The van der Waals surface area contributed by atoms with Gasteiger partial charge in [-0.2, -0.15) is 0 Å². The molecular weight excluding hydrogens is 230 g/mol. The molecule has 1 fully saturated rings. The molecule has 2 N–H and O–H groups in total. The second kappa shape index (κ2) is 5.21. The molecule has 1 aliphatic rings. The van der Waals surface area contributed by atoms with Crippen LogP contribution in [0.25, 0.3) is 0 Å². The lowest BCUT2D eigenvalue weighted by atomic mass is 10.2. The Morgan fingerprint density at radius 3 is 2.87 bits per heavy atom. The summed E-state index contributed by atoms with van der Waals surface area (Å²) < 4.78 is 0. The minimum absolute atomic E-state index is 0.225. The molecule has 4 heteroatoms. The summed E-state index contributed by atoms with van der Waals surface area (Å²) in [6, 6.07) is 7.86. The quantitative estimate of drug-likeness (QED) is 0.851. The maximum Gasteiger partial charge on any atom is 0.0795 e. The molecular formula is C11H14ClNOS. The third-order valence-electron chi connectivity index (χ3n) is 2.54. The molecule has 0 amide bonds. The number of aliphatic hydroxyl groups excluding tert-OH is 1. The molecule has 82 valence electrons. The van der Waals surface area contributed by atoms with Crippen molar-refractivity contribution in [3.05, 3.63) is 34.9 Å². The molecule has 0 spiro atoms. The molecule has 0 bridgehead atoms. The number of benzene rings is 1. The van der Waals surface area contributed by atoms with Crippen LogP contribution >= 0.6 is 23.4 Å². The average molecular weight is 244 g/mol. The van der Waals surface area contributed by atoms with Gasteiger partial charge in [-0.25, -0.2) is 0 Å². The Balaban J connectivity index is 1.90. The molecule has 15 heavy (non-hydrogen) atoms. The largest absolute Gasteiger partial charge is 0.391 e. The first-order chi connectivity index (χ1) is 7.27. The molecule has 1 aromatic carbocycles. The fraction of sp³-hybridized carbons (Fsp3) is 0.455. The van der Waals surface area contributed by atoms with Gasteiger partial charge < -0.3 is 10.4 Å². The van der Waals surface area contributed by atoms with E-state index in [1.165, 1.54) is 0 Å². The van der Waals surface area contributed by atoms with Crippen molar-refractivity contribution in [3.8, 4) is 0 Å². The van der Waals surface area contributed by atoms with Gasteiger partial charge in [0.1, 0.15) is 0 Å². The summed E-state index contributed by atoms with van der Waals surface area (Å²) in [7, 11) is 0. The van der Waals surface area contributed by atoms with Crippen LogP contribution in [0, 0.1) is 0 Å². The van der Waals surface area contributed by atoms with E-state index in [9.17, 15) is 5.11 Å². The van der Waals surface area contributed by atoms with E-state index in [0.717, 1.165) is 22.9 Å². The molecule has 1 aliphatic heterocycles. The van der Waals surface area contributed by atoms with Crippen LogP contribution in [0.2, 0.25) is 5.02 Å². The monoisotopic (exact) mass is 243 g/mol. The second-order valence-electron chi connectivity index (χ2n) is 3.67. The molecule has 2 rings (SSSR count). The maximum atomic E-state index is 9.62. The van der Waals surface area contributed by atoms with Crippen LogP contribution in [0.1, 0.15) is 5.56 Å². The van der Waals surface area contributed by atoms with Gasteiger partial charge >= 0.3 is 0 Å². The zero-order chi connectivity index (χ0) is 10.7. The Bertz CT molecular complexity index is 334. The van der Waals surface area contributed by atoms with Gasteiger partial charge in [-0.05, 0) is 11.6 Å². The van der Waals surface area contributed by atoms with Gasteiger partial charge in [-0.3, -0.25) is 0 Å². The standard InChI is InChI=1S/C11H14ClNOS/c12-9-4-2-1-3-8(9)7-15-11-6-13-5-10(11)14/h1-4,10-11,13-14H,5-7H2. The van der Waals surface area contributed by atoms with Gasteiger partial charge in [-0.1, -0.05) is 29.8 Å². The predicted octanol–water partition coefficient (Wildman–Crippen LogP) is 1.91. The van der Waals surface area contributed by atoms with Gasteiger partial charge in [0.05, 0.1) is 6.10 Å². The molecule has 1 aromatic rings. The zero-order valence-corrected chi connectivity index (χ0v) is 9.89. The molecule has 0 aliphatic carbocycles. The lowest BCUT2D eigenvalue weighted by Crippen LogP contribution is -2.20. The van der Waals surface area contributed by atoms with E-state index in [-0.39, 0.29) is 6.10 Å². The van der Waals surface area contributed by atoms with Gasteiger partial charge in [0.25, 0.3) is 0 Å². The summed E-state index contributed by atoms with van der Waals surface area (Å²) in [4.78, 5) is 0. The van der Waals surface area contributed by atoms with Crippen LogP contribution in [0.5, 0.6) is 0 Å². The number of β-amino-alcohol motifs (C(OH)–C–C–N with tert-alkyl or cyclic N) is 1. The molecule has 1 saturated heterocycles. The SMILES string of the molecule is OC1CNCC1SCc1ccccc1Cl. The van der Waals surface area contributed by atoms with E-state index in [2.05, 4.69) is 5.32 Å². The minimum Gasteiger partial charge on any atom is -0.391 e. The van der Waals surface area contributed by atoms with Gasteiger partial charge in [0, 0.05) is 29.1 Å². The van der Waals surface area contributed by atoms with E-state index < -0.39 is 0 Å². The van der Waals surface area contributed by atoms with Crippen molar-refractivity contribution in [3.63, 3.8) is 0 Å². The molecule has 2 atom stereocenters. The van der Waals surface area contributed by atoms with Crippen molar-refractivity contribution in [1.29, 1.82) is 0 Å². The number of aliphatic hydroxyl groups is 1. The summed E-state index contributed by atoms with van der Waals surface area (Å²) >= 11 is 7.82. The highest BCUT2D eigenvalue weighted by Gasteiger charge is 2.25. The van der Waals surface area contributed by atoms with E-state index in [4.69, 9.17) is 11.6 Å². The van der Waals surface area contributed by atoms with Crippen LogP contribution in [0.3, 0.4) is 0 Å². The summed E-state index contributed by atoms with van der Waals surface area (Å²) in [5, 5.41) is 13.9. The van der Waals surface area contributed by atoms with Gasteiger partial charge in [0.15, 0.2) is 0 Å². The molecule has 2 nitrogen and oxygen atoms in total. The van der Waals surface area contributed by atoms with E-state index in [1.54, 1.807) is 11.8 Å². The Morgan fingerprint density at radius 2 is 2.20 bits per heavy atom. The molecule has 0 aromatic heterocycles.